The summed E-state index contributed by atoms with van der Waals surface area (Å²) in [6, 6.07) is 9.03. The molecule has 0 aliphatic heterocycles. The number of hydrogen-bond acceptors (Lipinski definition) is 3. The summed E-state index contributed by atoms with van der Waals surface area (Å²) in [7, 11) is 0. The predicted molar refractivity (Wildman–Crippen MR) is 55.5 cm³/mol. The zero-order valence-corrected chi connectivity index (χ0v) is 8.31. The fraction of sp³-hybridized carbons (Fsp3) is 0.0833. The van der Waals surface area contributed by atoms with E-state index in [0.717, 1.165) is 0 Å². The Morgan fingerprint density at radius 3 is 2.69 bits per heavy atom. The third-order valence-corrected chi connectivity index (χ3v) is 2.16. The number of hydrogen-bond donors (Lipinski definition) is 1. The Bertz CT molecular complexity index is 516. The molecule has 0 saturated heterocycles. The fourth-order valence-corrected chi connectivity index (χ4v) is 1.37. The number of ketones is 1. The van der Waals surface area contributed by atoms with Crippen molar-refractivity contribution in [1.82, 2.24) is 0 Å². The van der Waals surface area contributed by atoms with Crippen molar-refractivity contribution in [3.8, 4) is 11.3 Å². The second kappa shape index (κ2) is 4.28. The molecule has 4 heteroatoms. The van der Waals surface area contributed by atoms with Gasteiger partial charge in [-0.3, -0.25) is 4.79 Å². The minimum atomic E-state index is -0.621. The molecule has 0 saturated carbocycles. The third-order valence-electron chi connectivity index (χ3n) is 2.16. The zero-order valence-electron chi connectivity index (χ0n) is 8.31. The lowest BCUT2D eigenvalue weighted by Crippen LogP contribution is -2.01. The molecule has 3 nitrogen and oxygen atoms in total. The Morgan fingerprint density at radius 2 is 2.00 bits per heavy atom. The highest BCUT2D eigenvalue weighted by atomic mass is 19.1. The second-order valence-electron chi connectivity index (χ2n) is 3.23. The summed E-state index contributed by atoms with van der Waals surface area (Å²) >= 11 is 0. The smallest absolute Gasteiger partial charge is 0.223 e. The fourth-order valence-electron chi connectivity index (χ4n) is 1.37. The van der Waals surface area contributed by atoms with Gasteiger partial charge in [-0.2, -0.15) is 0 Å². The second-order valence-corrected chi connectivity index (χ2v) is 3.23. The van der Waals surface area contributed by atoms with E-state index in [4.69, 9.17) is 9.52 Å². The van der Waals surface area contributed by atoms with Crippen LogP contribution in [0.5, 0.6) is 0 Å². The highest BCUT2D eigenvalue weighted by molar-refractivity contribution is 5.94. The van der Waals surface area contributed by atoms with Gasteiger partial charge in [0.25, 0.3) is 0 Å². The van der Waals surface area contributed by atoms with Crippen LogP contribution in [0.15, 0.2) is 40.8 Å². The average molecular weight is 220 g/mol. The molecule has 2 aromatic rings. The summed E-state index contributed by atoms with van der Waals surface area (Å²) in [4.78, 5) is 11.1. The van der Waals surface area contributed by atoms with E-state index in [1.54, 1.807) is 18.2 Å². The minimum Gasteiger partial charge on any atom is -0.453 e. The molecule has 1 N–H and O–H groups in total. The van der Waals surface area contributed by atoms with Crippen molar-refractivity contribution < 1.29 is 18.7 Å². The van der Waals surface area contributed by atoms with Gasteiger partial charge < -0.3 is 9.52 Å². The maximum atomic E-state index is 13.4. The van der Waals surface area contributed by atoms with Crippen molar-refractivity contribution in [3.63, 3.8) is 0 Å². The summed E-state index contributed by atoms with van der Waals surface area (Å²) in [5, 5.41) is 8.64. The molecule has 0 fully saturated rings. The van der Waals surface area contributed by atoms with Crippen molar-refractivity contribution in [2.75, 3.05) is 6.61 Å². The van der Waals surface area contributed by atoms with Gasteiger partial charge in [0.05, 0.1) is 5.56 Å². The van der Waals surface area contributed by atoms with Gasteiger partial charge >= 0.3 is 0 Å². The van der Waals surface area contributed by atoms with Crippen LogP contribution in [0.3, 0.4) is 0 Å². The molecule has 2 rings (SSSR count). The van der Waals surface area contributed by atoms with E-state index in [2.05, 4.69) is 0 Å². The normalized spacial score (nSPS) is 10.4. The van der Waals surface area contributed by atoms with Crippen LogP contribution < -0.4 is 0 Å². The molecule has 0 atom stereocenters. The summed E-state index contributed by atoms with van der Waals surface area (Å²) in [5.41, 5.74) is 0.291. The van der Waals surface area contributed by atoms with Crippen LogP contribution in [-0.4, -0.2) is 17.5 Å². The largest absolute Gasteiger partial charge is 0.453 e. The Kier molecular flexibility index (Phi) is 2.83. The van der Waals surface area contributed by atoms with Crippen LogP contribution in [0, 0.1) is 5.82 Å². The van der Waals surface area contributed by atoms with E-state index >= 15 is 0 Å². The van der Waals surface area contributed by atoms with Gasteiger partial charge in [-0.25, -0.2) is 4.39 Å². The highest BCUT2D eigenvalue weighted by Crippen LogP contribution is 2.24. The van der Waals surface area contributed by atoms with Crippen LogP contribution in [0.1, 0.15) is 10.6 Å². The number of carbonyl (C=O) groups excluding carboxylic acids is 1. The van der Waals surface area contributed by atoms with Gasteiger partial charge in [-0.05, 0) is 24.3 Å². The maximum Gasteiger partial charge on any atom is 0.223 e. The minimum absolute atomic E-state index is 0.0285. The van der Waals surface area contributed by atoms with Gasteiger partial charge in [0, 0.05) is 0 Å². The summed E-state index contributed by atoms with van der Waals surface area (Å²) in [6.07, 6.45) is 0. The number of furan rings is 1. The lowest BCUT2D eigenvalue weighted by Gasteiger charge is -1.98. The summed E-state index contributed by atoms with van der Waals surface area (Å²) in [5.74, 6) is -0.641. The summed E-state index contributed by atoms with van der Waals surface area (Å²) < 4.78 is 18.5. The number of Topliss-reactive ketones (excluding diaryl/α,β-unsaturated/α-hetero) is 1. The van der Waals surface area contributed by atoms with Crippen molar-refractivity contribution in [3.05, 3.63) is 48.0 Å². The zero-order chi connectivity index (χ0) is 11.5. The molecule has 0 bridgehead atoms. The van der Waals surface area contributed by atoms with Gasteiger partial charge in [0.2, 0.25) is 5.78 Å². The molecule has 0 radical (unpaired) electrons. The lowest BCUT2D eigenvalue weighted by molar-refractivity contribution is 0.0876. The Hall–Kier alpha value is -1.94. The first-order valence-corrected chi connectivity index (χ1v) is 4.71. The van der Waals surface area contributed by atoms with Gasteiger partial charge in [0.15, 0.2) is 5.76 Å². The first kappa shape index (κ1) is 10.6. The number of rotatable bonds is 3. The van der Waals surface area contributed by atoms with Crippen LogP contribution in [0.2, 0.25) is 0 Å². The highest BCUT2D eigenvalue weighted by Gasteiger charge is 2.12. The molecular formula is C12H9FO3. The van der Waals surface area contributed by atoms with E-state index in [1.165, 1.54) is 18.2 Å². The van der Waals surface area contributed by atoms with Crippen molar-refractivity contribution in [2.24, 2.45) is 0 Å². The average Bonchev–Trinajstić information content (AvgIpc) is 2.78. The topological polar surface area (TPSA) is 50.4 Å². The lowest BCUT2D eigenvalue weighted by atomic mass is 10.1. The predicted octanol–water partition coefficient (Wildman–Crippen LogP) is 2.26. The molecule has 0 unspecified atom stereocenters. The Labute approximate surface area is 91.1 Å². The number of aliphatic hydroxyl groups is 1. The molecule has 1 heterocycles. The van der Waals surface area contributed by atoms with E-state index in [0.29, 0.717) is 5.56 Å². The van der Waals surface area contributed by atoms with E-state index in [9.17, 15) is 9.18 Å². The third kappa shape index (κ3) is 1.87. The van der Waals surface area contributed by atoms with Crippen molar-refractivity contribution >= 4 is 5.78 Å². The molecule has 0 amide bonds. The van der Waals surface area contributed by atoms with Crippen LogP contribution in [0.4, 0.5) is 4.39 Å². The van der Waals surface area contributed by atoms with Crippen LogP contribution in [-0.2, 0) is 0 Å². The number of halogens is 1. The van der Waals surface area contributed by atoms with Crippen molar-refractivity contribution in [1.29, 1.82) is 0 Å². The van der Waals surface area contributed by atoms with Crippen LogP contribution >= 0.6 is 0 Å². The molecule has 82 valence electrons. The number of aliphatic hydroxyl groups excluding tert-OH is 1. The van der Waals surface area contributed by atoms with E-state index in [-0.39, 0.29) is 11.5 Å². The molecular weight excluding hydrogens is 211 g/mol. The van der Waals surface area contributed by atoms with E-state index < -0.39 is 18.2 Å². The quantitative estimate of drug-likeness (QED) is 0.807. The monoisotopic (exact) mass is 220 g/mol. The SMILES string of the molecule is O=C(CO)c1ccc(-c2ccccc2F)o1. The Morgan fingerprint density at radius 1 is 1.25 bits per heavy atom. The van der Waals surface area contributed by atoms with Crippen LogP contribution in [0.25, 0.3) is 11.3 Å². The maximum absolute atomic E-state index is 13.4. The first-order chi connectivity index (χ1) is 7.72. The first-order valence-electron chi connectivity index (χ1n) is 4.71. The van der Waals surface area contributed by atoms with Gasteiger partial charge in [-0.15, -0.1) is 0 Å². The molecule has 0 aliphatic rings. The number of benzene rings is 1. The van der Waals surface area contributed by atoms with E-state index in [1.807, 2.05) is 0 Å². The molecule has 0 spiro atoms. The van der Waals surface area contributed by atoms with Crippen molar-refractivity contribution in [2.45, 2.75) is 0 Å². The molecule has 1 aromatic carbocycles. The van der Waals surface area contributed by atoms with Gasteiger partial charge in [0.1, 0.15) is 18.2 Å². The van der Waals surface area contributed by atoms with Gasteiger partial charge in [-0.1, -0.05) is 12.1 Å². The molecule has 0 aliphatic carbocycles. The molecule has 16 heavy (non-hydrogen) atoms. The summed E-state index contributed by atoms with van der Waals surface area (Å²) in [6.45, 7) is -0.621. The Balaban J connectivity index is 2.39. The molecule has 1 aromatic heterocycles. The number of carbonyl (C=O) groups is 1. The standard InChI is InChI=1S/C12H9FO3/c13-9-4-2-1-3-8(9)11-5-6-12(16-11)10(15)7-14/h1-6,14H,7H2.